The largest absolute Gasteiger partial charge is 0.496 e. The van der Waals surface area contributed by atoms with Crippen molar-refractivity contribution in [3.8, 4) is 5.75 Å². The van der Waals surface area contributed by atoms with Crippen molar-refractivity contribution in [1.29, 1.82) is 0 Å². The first-order chi connectivity index (χ1) is 7.97. The summed E-state index contributed by atoms with van der Waals surface area (Å²) in [4.78, 5) is 0. The molecule has 0 aliphatic carbocycles. The van der Waals surface area contributed by atoms with Gasteiger partial charge in [-0.05, 0) is 23.5 Å². The summed E-state index contributed by atoms with van der Waals surface area (Å²) in [5.41, 5.74) is 3.35. The molecule has 17 heavy (non-hydrogen) atoms. The van der Waals surface area contributed by atoms with E-state index in [9.17, 15) is 0 Å². The predicted octanol–water partition coefficient (Wildman–Crippen LogP) is 3.76. The van der Waals surface area contributed by atoms with E-state index < -0.39 is 0 Å². The van der Waals surface area contributed by atoms with Crippen LogP contribution in [0.5, 0.6) is 5.75 Å². The van der Waals surface area contributed by atoms with Crippen molar-refractivity contribution in [1.82, 2.24) is 0 Å². The minimum absolute atomic E-state index is 0.456. The van der Waals surface area contributed by atoms with E-state index in [0.717, 1.165) is 11.2 Å². The van der Waals surface area contributed by atoms with Crippen molar-refractivity contribution >= 4 is 13.3 Å². The van der Waals surface area contributed by atoms with Crippen LogP contribution in [0.15, 0.2) is 12.1 Å². The average molecular weight is 232 g/mol. The highest BCUT2D eigenvalue weighted by atomic mass is 16.5. The van der Waals surface area contributed by atoms with Crippen molar-refractivity contribution in [2.24, 2.45) is 0 Å². The van der Waals surface area contributed by atoms with Crippen molar-refractivity contribution < 1.29 is 4.74 Å². The van der Waals surface area contributed by atoms with Crippen LogP contribution >= 0.6 is 0 Å². The van der Waals surface area contributed by atoms with E-state index in [2.05, 4.69) is 33.8 Å². The van der Waals surface area contributed by atoms with Crippen LogP contribution in [-0.4, -0.2) is 15.0 Å². The Morgan fingerprint density at radius 3 is 1.88 bits per heavy atom. The summed E-state index contributed by atoms with van der Waals surface area (Å²) in [6.45, 7) is 12.7. The molecule has 0 fully saturated rings. The second-order valence-electron chi connectivity index (χ2n) is 4.54. The zero-order valence-corrected chi connectivity index (χ0v) is 12.3. The van der Waals surface area contributed by atoms with E-state index in [-0.39, 0.29) is 0 Å². The predicted molar refractivity (Wildman–Crippen MR) is 77.9 cm³/mol. The SMILES string of the molecule is CC.[B]c1cc(OC)c(C(C)C)c(C(C)C)c1. The summed E-state index contributed by atoms with van der Waals surface area (Å²) in [6, 6.07) is 3.96. The van der Waals surface area contributed by atoms with E-state index in [4.69, 9.17) is 12.6 Å². The molecule has 0 heterocycles. The molecule has 0 spiro atoms. The van der Waals surface area contributed by atoms with Crippen molar-refractivity contribution in [3.63, 3.8) is 0 Å². The third kappa shape index (κ3) is 4.10. The monoisotopic (exact) mass is 232 g/mol. The number of benzene rings is 1. The second kappa shape index (κ2) is 7.42. The molecule has 1 nitrogen and oxygen atoms in total. The van der Waals surface area contributed by atoms with Crippen LogP contribution in [0.2, 0.25) is 0 Å². The standard InChI is InChI=1S/C13H19BO.C2H6/c1-8(2)11-6-10(14)7-12(15-5)13(11)9(3)4;1-2/h6-9H,1-5H3;1-2H3. The molecule has 94 valence electrons. The zero-order valence-electron chi connectivity index (χ0n) is 12.3. The molecule has 2 heteroatoms. The Labute approximate surface area is 108 Å². The van der Waals surface area contributed by atoms with E-state index >= 15 is 0 Å². The lowest BCUT2D eigenvalue weighted by molar-refractivity contribution is 0.406. The zero-order chi connectivity index (χ0) is 13.6. The van der Waals surface area contributed by atoms with Crippen LogP contribution in [0, 0.1) is 0 Å². The third-order valence-corrected chi connectivity index (χ3v) is 2.62. The van der Waals surface area contributed by atoms with Gasteiger partial charge in [-0.2, -0.15) is 0 Å². The molecule has 1 aromatic rings. The van der Waals surface area contributed by atoms with E-state index in [1.807, 2.05) is 19.9 Å². The highest BCUT2D eigenvalue weighted by Gasteiger charge is 2.15. The number of methoxy groups -OCH3 is 1. The van der Waals surface area contributed by atoms with Gasteiger partial charge in [-0.15, -0.1) is 0 Å². The van der Waals surface area contributed by atoms with Gasteiger partial charge in [0.25, 0.3) is 0 Å². The summed E-state index contributed by atoms with van der Waals surface area (Å²) in [5, 5.41) is 0. The Balaban J connectivity index is 0.00000121. The molecule has 0 unspecified atom stereocenters. The summed E-state index contributed by atoms with van der Waals surface area (Å²) >= 11 is 0. The van der Waals surface area contributed by atoms with Crippen molar-refractivity contribution in [2.75, 3.05) is 7.11 Å². The molecule has 0 aromatic heterocycles. The molecule has 0 saturated carbocycles. The van der Waals surface area contributed by atoms with Crippen molar-refractivity contribution in [3.05, 3.63) is 23.3 Å². The lowest BCUT2D eigenvalue weighted by Gasteiger charge is -2.20. The summed E-state index contributed by atoms with van der Waals surface area (Å²) in [7, 11) is 7.56. The van der Waals surface area contributed by atoms with E-state index in [1.165, 1.54) is 11.1 Å². The molecule has 0 saturated heterocycles. The smallest absolute Gasteiger partial charge is 0.122 e. The van der Waals surface area contributed by atoms with Gasteiger partial charge < -0.3 is 4.74 Å². The van der Waals surface area contributed by atoms with E-state index in [0.29, 0.717) is 11.8 Å². The summed E-state index contributed by atoms with van der Waals surface area (Å²) < 4.78 is 5.40. The normalized spacial score (nSPS) is 10.2. The molecular formula is C15H25BO. The van der Waals surface area contributed by atoms with Crippen LogP contribution in [-0.2, 0) is 0 Å². The van der Waals surface area contributed by atoms with Gasteiger partial charge >= 0.3 is 0 Å². The first-order valence-electron chi connectivity index (χ1n) is 6.44. The Hall–Kier alpha value is -0.915. The lowest BCUT2D eigenvalue weighted by Crippen LogP contribution is -2.11. The van der Waals surface area contributed by atoms with Crippen LogP contribution < -0.4 is 10.2 Å². The van der Waals surface area contributed by atoms with Crippen LogP contribution in [0.25, 0.3) is 0 Å². The molecule has 1 aromatic carbocycles. The molecule has 0 N–H and O–H groups in total. The Kier molecular flexibility index (Phi) is 7.02. The van der Waals surface area contributed by atoms with Gasteiger partial charge in [-0.25, -0.2) is 0 Å². The number of rotatable bonds is 3. The maximum Gasteiger partial charge on any atom is 0.122 e. The molecule has 0 amide bonds. The fourth-order valence-electron chi connectivity index (χ4n) is 1.93. The molecule has 0 bridgehead atoms. The fourth-order valence-corrected chi connectivity index (χ4v) is 1.93. The quantitative estimate of drug-likeness (QED) is 0.721. The topological polar surface area (TPSA) is 9.23 Å². The van der Waals surface area contributed by atoms with Gasteiger partial charge in [0.2, 0.25) is 0 Å². The molecule has 0 atom stereocenters. The minimum atomic E-state index is 0.456. The second-order valence-corrected chi connectivity index (χ2v) is 4.54. The molecule has 0 aliphatic heterocycles. The first kappa shape index (κ1) is 16.1. The van der Waals surface area contributed by atoms with Gasteiger partial charge in [-0.1, -0.05) is 53.1 Å². The highest BCUT2D eigenvalue weighted by molar-refractivity contribution is 6.32. The molecule has 2 radical (unpaired) electrons. The highest BCUT2D eigenvalue weighted by Crippen LogP contribution is 2.32. The number of hydrogen-bond donors (Lipinski definition) is 0. The fraction of sp³-hybridized carbons (Fsp3) is 0.600. The average Bonchev–Trinajstić information content (AvgIpc) is 2.29. The van der Waals surface area contributed by atoms with Gasteiger partial charge in [0, 0.05) is 5.56 Å². The van der Waals surface area contributed by atoms with Crippen LogP contribution in [0.3, 0.4) is 0 Å². The van der Waals surface area contributed by atoms with Gasteiger partial charge in [0.15, 0.2) is 0 Å². The number of ether oxygens (including phenoxy) is 1. The van der Waals surface area contributed by atoms with Gasteiger partial charge in [-0.3, -0.25) is 0 Å². The Morgan fingerprint density at radius 2 is 1.53 bits per heavy atom. The minimum Gasteiger partial charge on any atom is -0.496 e. The van der Waals surface area contributed by atoms with Crippen molar-refractivity contribution in [2.45, 2.75) is 53.4 Å². The molecule has 1 rings (SSSR count). The van der Waals surface area contributed by atoms with Gasteiger partial charge in [0.1, 0.15) is 13.6 Å². The maximum atomic E-state index is 5.86. The maximum absolute atomic E-state index is 5.86. The Bertz CT molecular complexity index is 343. The third-order valence-electron chi connectivity index (χ3n) is 2.62. The van der Waals surface area contributed by atoms with E-state index in [1.54, 1.807) is 7.11 Å². The molecule has 0 aliphatic rings. The van der Waals surface area contributed by atoms with Gasteiger partial charge in [0.05, 0.1) is 7.11 Å². The lowest BCUT2D eigenvalue weighted by atomic mass is 9.84. The number of hydrogen-bond acceptors (Lipinski definition) is 1. The van der Waals surface area contributed by atoms with Crippen LogP contribution in [0.1, 0.15) is 64.5 Å². The first-order valence-corrected chi connectivity index (χ1v) is 6.44. The molecular weight excluding hydrogens is 207 g/mol. The summed E-state index contributed by atoms with van der Waals surface area (Å²) in [5.74, 6) is 1.84. The summed E-state index contributed by atoms with van der Waals surface area (Å²) in [6.07, 6.45) is 0. The van der Waals surface area contributed by atoms with Crippen LogP contribution in [0.4, 0.5) is 0 Å². The Morgan fingerprint density at radius 1 is 1.00 bits per heavy atom.